The Kier molecular flexibility index (Phi) is 4.30. The summed E-state index contributed by atoms with van der Waals surface area (Å²) in [6, 6.07) is 11.5. The molecule has 2 aromatic rings. The Bertz CT molecular complexity index is 957. The smallest absolute Gasteiger partial charge is 0.282 e. The molecule has 1 saturated heterocycles. The molecule has 0 spiro atoms. The summed E-state index contributed by atoms with van der Waals surface area (Å²) in [4.78, 5) is 30.0. The van der Waals surface area contributed by atoms with Crippen LogP contribution in [0, 0.1) is 19.7 Å². The zero-order valence-corrected chi connectivity index (χ0v) is 15.5. The van der Waals surface area contributed by atoms with E-state index in [0.717, 1.165) is 37.1 Å². The molecule has 0 N–H and O–H groups in total. The molecule has 0 bridgehead atoms. The van der Waals surface area contributed by atoms with E-state index in [0.29, 0.717) is 22.5 Å². The predicted molar refractivity (Wildman–Crippen MR) is 103 cm³/mol. The molecule has 0 unspecified atom stereocenters. The van der Waals surface area contributed by atoms with Crippen molar-refractivity contribution in [2.45, 2.75) is 26.7 Å². The number of likely N-dealkylation sites (tertiary alicyclic amines) is 1. The zero-order valence-electron chi connectivity index (χ0n) is 15.5. The van der Waals surface area contributed by atoms with Gasteiger partial charge < -0.3 is 4.90 Å². The first kappa shape index (κ1) is 17.5. The number of hydrogen-bond donors (Lipinski definition) is 0. The van der Waals surface area contributed by atoms with Gasteiger partial charge in [0.15, 0.2) is 0 Å². The summed E-state index contributed by atoms with van der Waals surface area (Å²) in [5.74, 6) is -1.01. The van der Waals surface area contributed by atoms with Crippen LogP contribution < -0.4 is 4.90 Å². The summed E-state index contributed by atoms with van der Waals surface area (Å²) in [6.45, 7) is 5.32. The average Bonchev–Trinajstić information content (AvgIpc) is 3.25. The van der Waals surface area contributed by atoms with Gasteiger partial charge in [-0.2, -0.15) is 0 Å². The van der Waals surface area contributed by atoms with E-state index in [2.05, 4.69) is 0 Å². The van der Waals surface area contributed by atoms with Crippen molar-refractivity contribution in [2.24, 2.45) is 0 Å². The van der Waals surface area contributed by atoms with Gasteiger partial charge in [0.2, 0.25) is 0 Å². The van der Waals surface area contributed by atoms with Gasteiger partial charge in [0.25, 0.3) is 11.8 Å². The zero-order chi connectivity index (χ0) is 19.1. The maximum atomic E-state index is 13.4. The van der Waals surface area contributed by atoms with Crippen molar-refractivity contribution in [3.63, 3.8) is 0 Å². The predicted octanol–water partition coefficient (Wildman–Crippen LogP) is 3.82. The molecular formula is C22H21FN2O2. The van der Waals surface area contributed by atoms with Crippen LogP contribution in [-0.4, -0.2) is 29.8 Å². The fourth-order valence-corrected chi connectivity index (χ4v) is 3.81. The van der Waals surface area contributed by atoms with Crippen molar-refractivity contribution in [1.82, 2.24) is 4.90 Å². The van der Waals surface area contributed by atoms with Crippen LogP contribution >= 0.6 is 0 Å². The Morgan fingerprint density at radius 1 is 0.889 bits per heavy atom. The second-order valence-electron chi connectivity index (χ2n) is 7.16. The molecule has 2 aromatic carbocycles. The average molecular weight is 364 g/mol. The summed E-state index contributed by atoms with van der Waals surface area (Å²) < 4.78 is 13.4. The van der Waals surface area contributed by atoms with Crippen LogP contribution in [0.25, 0.3) is 5.57 Å². The van der Waals surface area contributed by atoms with Crippen LogP contribution in [0.3, 0.4) is 0 Å². The molecule has 4 nitrogen and oxygen atoms in total. The van der Waals surface area contributed by atoms with Gasteiger partial charge in [0.1, 0.15) is 11.5 Å². The van der Waals surface area contributed by atoms with E-state index in [9.17, 15) is 14.0 Å². The minimum Gasteiger partial charge on any atom is -0.366 e. The van der Waals surface area contributed by atoms with E-state index in [4.69, 9.17) is 0 Å². The largest absolute Gasteiger partial charge is 0.366 e. The Labute approximate surface area is 157 Å². The minimum absolute atomic E-state index is 0.296. The van der Waals surface area contributed by atoms with E-state index in [-0.39, 0.29) is 17.6 Å². The molecular weight excluding hydrogens is 343 g/mol. The summed E-state index contributed by atoms with van der Waals surface area (Å²) >= 11 is 0. The lowest BCUT2D eigenvalue weighted by Gasteiger charge is -2.21. The van der Waals surface area contributed by atoms with Gasteiger partial charge in [-0.05, 0) is 61.6 Å². The van der Waals surface area contributed by atoms with Gasteiger partial charge in [-0.1, -0.05) is 24.3 Å². The quantitative estimate of drug-likeness (QED) is 0.778. The Morgan fingerprint density at radius 2 is 1.56 bits per heavy atom. The second-order valence-corrected chi connectivity index (χ2v) is 7.16. The van der Waals surface area contributed by atoms with Gasteiger partial charge in [-0.15, -0.1) is 0 Å². The lowest BCUT2D eigenvalue weighted by atomic mass is 10.0. The molecule has 0 saturated carbocycles. The molecule has 2 aliphatic rings. The molecule has 2 heterocycles. The van der Waals surface area contributed by atoms with Crippen molar-refractivity contribution >= 4 is 23.1 Å². The third-order valence-corrected chi connectivity index (χ3v) is 5.22. The van der Waals surface area contributed by atoms with Crippen LogP contribution in [0.5, 0.6) is 0 Å². The molecule has 2 aliphatic heterocycles. The van der Waals surface area contributed by atoms with Gasteiger partial charge >= 0.3 is 0 Å². The van der Waals surface area contributed by atoms with Gasteiger partial charge in [-0.3, -0.25) is 9.59 Å². The van der Waals surface area contributed by atoms with Crippen molar-refractivity contribution in [3.05, 3.63) is 70.7 Å². The number of amides is 2. The highest BCUT2D eigenvalue weighted by Gasteiger charge is 2.43. The maximum absolute atomic E-state index is 13.4. The number of nitrogens with zero attached hydrogens (tertiary/aromatic N) is 2. The number of carbonyl (C=O) groups is 2. The standard InChI is InChI=1S/C22H21FN2O2/c1-14-5-6-15(2)18(13-14)25-21(26)19(16-7-9-17(23)10-8-16)20(22(25)27)24-11-3-4-12-24/h5-10,13H,3-4,11-12H2,1-2H3. The molecule has 0 aliphatic carbocycles. The highest BCUT2D eigenvalue weighted by molar-refractivity contribution is 6.45. The molecule has 1 fully saturated rings. The fourth-order valence-electron chi connectivity index (χ4n) is 3.81. The number of halogens is 1. The number of rotatable bonds is 3. The first-order valence-electron chi connectivity index (χ1n) is 9.18. The van der Waals surface area contributed by atoms with Crippen LogP contribution in [-0.2, 0) is 9.59 Å². The number of carbonyl (C=O) groups excluding carboxylic acids is 2. The third kappa shape index (κ3) is 2.93. The Morgan fingerprint density at radius 3 is 2.22 bits per heavy atom. The highest BCUT2D eigenvalue weighted by Crippen LogP contribution is 2.37. The normalized spacial score (nSPS) is 17.4. The Hall–Kier alpha value is -2.95. The lowest BCUT2D eigenvalue weighted by molar-refractivity contribution is -0.120. The van der Waals surface area contributed by atoms with Crippen molar-refractivity contribution in [1.29, 1.82) is 0 Å². The van der Waals surface area contributed by atoms with Crippen molar-refractivity contribution < 1.29 is 14.0 Å². The molecule has 2 amide bonds. The van der Waals surface area contributed by atoms with Crippen molar-refractivity contribution in [2.75, 3.05) is 18.0 Å². The summed E-state index contributed by atoms with van der Waals surface area (Å²) in [6.07, 6.45) is 1.98. The maximum Gasteiger partial charge on any atom is 0.282 e. The van der Waals surface area contributed by atoms with Gasteiger partial charge in [0, 0.05) is 13.1 Å². The summed E-state index contributed by atoms with van der Waals surface area (Å²) in [5, 5.41) is 0. The first-order valence-corrected chi connectivity index (χ1v) is 9.18. The molecule has 5 heteroatoms. The van der Waals surface area contributed by atoms with E-state index >= 15 is 0 Å². The number of aryl methyl sites for hydroxylation is 2. The summed E-state index contributed by atoms with van der Waals surface area (Å²) in [7, 11) is 0. The first-order chi connectivity index (χ1) is 13.0. The van der Waals surface area contributed by atoms with Crippen molar-refractivity contribution in [3.8, 4) is 0 Å². The van der Waals surface area contributed by atoms with E-state index < -0.39 is 0 Å². The molecule has 138 valence electrons. The van der Waals surface area contributed by atoms with E-state index in [1.807, 2.05) is 36.9 Å². The number of anilines is 1. The van der Waals surface area contributed by atoms with Gasteiger partial charge in [0.05, 0.1) is 11.3 Å². The molecule has 0 atom stereocenters. The number of benzene rings is 2. The summed E-state index contributed by atoms with van der Waals surface area (Å²) in [5.41, 5.74) is 3.83. The topological polar surface area (TPSA) is 40.6 Å². The van der Waals surface area contributed by atoms with Gasteiger partial charge in [-0.25, -0.2) is 9.29 Å². The Balaban J connectivity index is 1.86. The third-order valence-electron chi connectivity index (χ3n) is 5.22. The molecule has 4 rings (SSSR count). The van der Waals surface area contributed by atoms with Crippen LogP contribution in [0.2, 0.25) is 0 Å². The van der Waals surface area contributed by atoms with Crippen LogP contribution in [0.1, 0.15) is 29.5 Å². The molecule has 0 aromatic heterocycles. The lowest BCUT2D eigenvalue weighted by Crippen LogP contribution is -2.35. The SMILES string of the molecule is Cc1ccc(C)c(N2C(=O)C(c3ccc(F)cc3)=C(N3CCCC3)C2=O)c1. The van der Waals surface area contributed by atoms with E-state index in [1.54, 1.807) is 12.1 Å². The van der Waals surface area contributed by atoms with Crippen LogP contribution in [0.15, 0.2) is 48.2 Å². The minimum atomic E-state index is -0.370. The monoisotopic (exact) mass is 364 g/mol. The molecule has 0 radical (unpaired) electrons. The second kappa shape index (κ2) is 6.65. The number of imide groups is 1. The molecule has 27 heavy (non-hydrogen) atoms. The highest BCUT2D eigenvalue weighted by atomic mass is 19.1. The van der Waals surface area contributed by atoms with Crippen LogP contribution in [0.4, 0.5) is 10.1 Å². The number of hydrogen-bond acceptors (Lipinski definition) is 3. The fraction of sp³-hybridized carbons (Fsp3) is 0.273. The van der Waals surface area contributed by atoms with E-state index in [1.165, 1.54) is 17.0 Å².